The molecule has 3 aromatic rings. The van der Waals surface area contributed by atoms with Gasteiger partial charge in [0.05, 0.1) is 4.91 Å². The van der Waals surface area contributed by atoms with E-state index in [1.165, 1.54) is 11.3 Å². The van der Waals surface area contributed by atoms with Gasteiger partial charge in [0.15, 0.2) is 0 Å². The van der Waals surface area contributed by atoms with Crippen molar-refractivity contribution < 1.29 is 9.59 Å². The second-order valence-corrected chi connectivity index (χ2v) is 12.1. The van der Waals surface area contributed by atoms with Crippen molar-refractivity contribution in [2.24, 2.45) is 5.92 Å². The van der Waals surface area contributed by atoms with Crippen LogP contribution < -0.4 is 10.2 Å². The Balaban J connectivity index is 1.28. The summed E-state index contributed by atoms with van der Waals surface area (Å²) >= 11 is 1.70. The normalized spacial score (nSPS) is 21.6. The number of nitrogens with one attached hydrogen (secondary N) is 1. The Bertz CT molecular complexity index is 1330. The van der Waals surface area contributed by atoms with Crippen LogP contribution in [0.15, 0.2) is 89.8 Å². The number of nitrogens with zero attached hydrogens (tertiary/aromatic N) is 2. The maximum atomic E-state index is 13.9. The number of likely N-dealkylation sites (N-methyl/N-ethyl adjacent to an activating group) is 1. The number of carbonyl (C=O) groups excluding carboxylic acids is 2. The maximum absolute atomic E-state index is 13.9. The molecule has 5 nitrogen and oxygen atoms in total. The zero-order chi connectivity index (χ0) is 27.9. The van der Waals surface area contributed by atoms with E-state index in [2.05, 4.69) is 60.5 Å². The second-order valence-electron chi connectivity index (χ2n) is 10.8. The fourth-order valence-electron chi connectivity index (χ4n) is 5.89. The zero-order valence-electron chi connectivity index (χ0n) is 23.5. The molecule has 0 radical (unpaired) electrons. The van der Waals surface area contributed by atoms with Gasteiger partial charge in [0, 0.05) is 49.1 Å². The average molecular weight is 554 g/mol. The molecule has 3 aromatic carbocycles. The molecular formula is C34H39N3O2S. The molecule has 0 bridgehead atoms. The first kappa shape index (κ1) is 28.0. The first-order valence-corrected chi connectivity index (χ1v) is 15.3. The standard InChI is InChI=1S/C34H39N3O2S/c1-3-36(29-15-8-5-9-16-29)20-19-35-33(38)28-17-18-31-30(23-28)37(24-27-14-10-11-25(2)21-27)34(39)32(40-31)22-26-12-6-4-7-13-26/h4-16,21-22,28,30-31H,3,17-20,23-24H2,1-2H3,(H,35,38)/b32-22-. The van der Waals surface area contributed by atoms with Crippen LogP contribution in [0.3, 0.4) is 0 Å². The molecule has 40 heavy (non-hydrogen) atoms. The minimum absolute atomic E-state index is 0.0342. The van der Waals surface area contributed by atoms with Crippen LogP contribution in [0.25, 0.3) is 6.08 Å². The Kier molecular flexibility index (Phi) is 9.27. The van der Waals surface area contributed by atoms with Gasteiger partial charge in [-0.3, -0.25) is 9.59 Å². The Morgan fingerprint density at radius 1 is 1.02 bits per heavy atom. The highest BCUT2D eigenvalue weighted by molar-refractivity contribution is 8.04. The molecule has 1 aliphatic carbocycles. The van der Waals surface area contributed by atoms with Gasteiger partial charge in [0.25, 0.3) is 5.91 Å². The number of hydrogen-bond acceptors (Lipinski definition) is 4. The number of para-hydroxylation sites is 1. The molecule has 1 aliphatic heterocycles. The molecular weight excluding hydrogens is 514 g/mol. The molecule has 0 aromatic heterocycles. The summed E-state index contributed by atoms with van der Waals surface area (Å²) in [6, 6.07) is 28.8. The summed E-state index contributed by atoms with van der Waals surface area (Å²) in [7, 11) is 0. The van der Waals surface area contributed by atoms with Crippen LogP contribution in [-0.2, 0) is 16.1 Å². The van der Waals surface area contributed by atoms with E-state index in [-0.39, 0.29) is 29.0 Å². The number of aryl methyl sites for hydroxylation is 1. The Hall–Kier alpha value is -3.51. The van der Waals surface area contributed by atoms with Crippen molar-refractivity contribution in [3.63, 3.8) is 0 Å². The number of hydrogen-bond donors (Lipinski definition) is 1. The fourth-order valence-corrected chi connectivity index (χ4v) is 7.31. The summed E-state index contributed by atoms with van der Waals surface area (Å²) in [5.74, 6) is 0.0985. The van der Waals surface area contributed by atoms with E-state index in [4.69, 9.17) is 0 Å². The highest BCUT2D eigenvalue weighted by Gasteiger charge is 2.44. The third-order valence-corrected chi connectivity index (χ3v) is 9.39. The van der Waals surface area contributed by atoms with Crippen molar-refractivity contribution >= 4 is 35.3 Å². The molecule has 1 saturated heterocycles. The van der Waals surface area contributed by atoms with Gasteiger partial charge in [-0.1, -0.05) is 78.4 Å². The predicted octanol–water partition coefficient (Wildman–Crippen LogP) is 6.29. The van der Waals surface area contributed by atoms with E-state index in [9.17, 15) is 9.59 Å². The summed E-state index contributed by atoms with van der Waals surface area (Å²) in [4.78, 5) is 32.3. The van der Waals surface area contributed by atoms with Crippen molar-refractivity contribution in [3.8, 4) is 0 Å². The molecule has 1 heterocycles. The lowest BCUT2D eigenvalue weighted by molar-refractivity contribution is -0.133. The molecule has 208 valence electrons. The minimum atomic E-state index is -0.0823. The Morgan fingerprint density at radius 3 is 2.50 bits per heavy atom. The number of rotatable bonds is 9. The third kappa shape index (κ3) is 6.79. The average Bonchev–Trinajstić information content (AvgIpc) is 2.98. The van der Waals surface area contributed by atoms with Gasteiger partial charge >= 0.3 is 0 Å². The lowest BCUT2D eigenvalue weighted by atomic mass is 9.83. The van der Waals surface area contributed by atoms with Crippen LogP contribution in [-0.4, -0.2) is 47.6 Å². The van der Waals surface area contributed by atoms with E-state index in [1.807, 2.05) is 59.5 Å². The van der Waals surface area contributed by atoms with Crippen molar-refractivity contribution in [2.75, 3.05) is 24.5 Å². The van der Waals surface area contributed by atoms with E-state index in [1.54, 1.807) is 11.8 Å². The van der Waals surface area contributed by atoms with Crippen molar-refractivity contribution in [2.45, 2.75) is 50.9 Å². The van der Waals surface area contributed by atoms with E-state index < -0.39 is 0 Å². The molecule has 0 spiro atoms. The lowest BCUT2D eigenvalue weighted by Crippen LogP contribution is -2.53. The first-order chi connectivity index (χ1) is 19.5. The Morgan fingerprint density at radius 2 is 1.77 bits per heavy atom. The molecule has 5 rings (SSSR count). The van der Waals surface area contributed by atoms with Crippen LogP contribution in [0, 0.1) is 12.8 Å². The number of anilines is 1. The molecule has 1 saturated carbocycles. The number of fused-ring (bicyclic) bond motifs is 1. The highest BCUT2D eigenvalue weighted by Crippen LogP contribution is 2.44. The van der Waals surface area contributed by atoms with Gasteiger partial charge in [-0.15, -0.1) is 11.8 Å². The van der Waals surface area contributed by atoms with Gasteiger partial charge in [-0.05, 0) is 62.4 Å². The minimum Gasteiger partial charge on any atom is -0.370 e. The van der Waals surface area contributed by atoms with E-state index in [0.717, 1.165) is 42.0 Å². The lowest BCUT2D eigenvalue weighted by Gasteiger charge is -2.46. The number of amides is 2. The number of thioether (sulfide) groups is 1. The topological polar surface area (TPSA) is 52.7 Å². The zero-order valence-corrected chi connectivity index (χ0v) is 24.3. The van der Waals surface area contributed by atoms with Crippen molar-refractivity contribution in [1.29, 1.82) is 0 Å². The van der Waals surface area contributed by atoms with Gasteiger partial charge in [0.1, 0.15) is 0 Å². The van der Waals surface area contributed by atoms with E-state index in [0.29, 0.717) is 19.5 Å². The maximum Gasteiger partial charge on any atom is 0.260 e. The Labute approximate surface area is 242 Å². The second kappa shape index (κ2) is 13.2. The van der Waals surface area contributed by atoms with Crippen LogP contribution in [0.5, 0.6) is 0 Å². The summed E-state index contributed by atoms with van der Waals surface area (Å²) in [6.07, 6.45) is 4.50. The molecule has 6 heteroatoms. The molecule has 2 fully saturated rings. The summed E-state index contributed by atoms with van der Waals surface area (Å²) in [6.45, 7) is 7.05. The van der Waals surface area contributed by atoms with Crippen LogP contribution >= 0.6 is 11.8 Å². The highest BCUT2D eigenvalue weighted by atomic mass is 32.2. The van der Waals surface area contributed by atoms with Gasteiger partial charge < -0.3 is 15.1 Å². The quantitative estimate of drug-likeness (QED) is 0.317. The van der Waals surface area contributed by atoms with Crippen LogP contribution in [0.1, 0.15) is 42.9 Å². The van der Waals surface area contributed by atoms with Gasteiger partial charge in [0.2, 0.25) is 5.91 Å². The van der Waals surface area contributed by atoms with Gasteiger partial charge in [-0.2, -0.15) is 0 Å². The monoisotopic (exact) mass is 553 g/mol. The SMILES string of the molecule is CCN(CCNC(=O)C1CCC2S/C(=C\c3ccccc3)C(=O)N(Cc3cccc(C)c3)C2C1)c1ccccc1. The smallest absolute Gasteiger partial charge is 0.260 e. The van der Waals surface area contributed by atoms with Crippen LogP contribution in [0.2, 0.25) is 0 Å². The fraction of sp³-hybridized carbons (Fsp3) is 0.353. The van der Waals surface area contributed by atoms with Gasteiger partial charge in [-0.25, -0.2) is 0 Å². The molecule has 3 atom stereocenters. The number of carbonyl (C=O) groups is 2. The molecule has 1 N–H and O–H groups in total. The van der Waals surface area contributed by atoms with Crippen molar-refractivity contribution in [1.82, 2.24) is 10.2 Å². The number of benzene rings is 3. The van der Waals surface area contributed by atoms with Crippen LogP contribution in [0.4, 0.5) is 5.69 Å². The summed E-state index contributed by atoms with van der Waals surface area (Å²) < 4.78 is 0. The molecule has 3 unspecified atom stereocenters. The van der Waals surface area contributed by atoms with E-state index >= 15 is 0 Å². The largest absolute Gasteiger partial charge is 0.370 e. The van der Waals surface area contributed by atoms with Crippen molar-refractivity contribution in [3.05, 3.63) is 107 Å². The summed E-state index contributed by atoms with van der Waals surface area (Å²) in [5.41, 5.74) is 4.52. The third-order valence-electron chi connectivity index (χ3n) is 7.99. The molecule has 2 aliphatic rings. The molecule has 2 amide bonds. The summed E-state index contributed by atoms with van der Waals surface area (Å²) in [5, 5.41) is 3.49. The predicted molar refractivity (Wildman–Crippen MR) is 166 cm³/mol. The first-order valence-electron chi connectivity index (χ1n) is 14.4.